The second kappa shape index (κ2) is 7.17. The molecule has 1 aliphatic rings. The summed E-state index contributed by atoms with van der Waals surface area (Å²) < 4.78 is 18.6. The third-order valence-electron chi connectivity index (χ3n) is 3.93. The van der Waals surface area contributed by atoms with Crippen LogP contribution in [0.1, 0.15) is 22.5 Å². The van der Waals surface area contributed by atoms with Gasteiger partial charge in [0.15, 0.2) is 10.4 Å². The van der Waals surface area contributed by atoms with E-state index in [9.17, 15) is 14.0 Å². The number of hydrogen-bond acceptors (Lipinski definition) is 3. The SMILES string of the molecule is O=C(NCC1CC(=O)N(Cc2ccc(F)cc2)C1)c1ccc(Br)o1. The lowest BCUT2D eigenvalue weighted by molar-refractivity contribution is -0.128. The highest BCUT2D eigenvalue weighted by Gasteiger charge is 2.29. The Morgan fingerprint density at radius 3 is 2.71 bits per heavy atom. The summed E-state index contributed by atoms with van der Waals surface area (Å²) in [5.74, 6) is -0.268. The first kappa shape index (κ1) is 16.7. The number of benzene rings is 1. The van der Waals surface area contributed by atoms with Gasteiger partial charge in [-0.2, -0.15) is 0 Å². The van der Waals surface area contributed by atoms with Crippen LogP contribution in [0.25, 0.3) is 0 Å². The van der Waals surface area contributed by atoms with Gasteiger partial charge in [-0.25, -0.2) is 4.39 Å². The first-order valence-electron chi connectivity index (χ1n) is 7.57. The molecule has 1 saturated heterocycles. The van der Waals surface area contributed by atoms with Crippen molar-refractivity contribution in [1.29, 1.82) is 0 Å². The van der Waals surface area contributed by atoms with Crippen molar-refractivity contribution >= 4 is 27.7 Å². The Morgan fingerprint density at radius 2 is 2.04 bits per heavy atom. The molecule has 0 bridgehead atoms. The first-order chi connectivity index (χ1) is 11.5. The molecule has 3 rings (SSSR count). The third-order valence-corrected chi connectivity index (χ3v) is 4.36. The molecule has 0 aliphatic carbocycles. The minimum absolute atomic E-state index is 0.0410. The number of hydrogen-bond donors (Lipinski definition) is 1. The summed E-state index contributed by atoms with van der Waals surface area (Å²) in [6.07, 6.45) is 0.392. The van der Waals surface area contributed by atoms with Crippen molar-refractivity contribution in [3.05, 3.63) is 58.2 Å². The van der Waals surface area contributed by atoms with Gasteiger partial charge in [-0.3, -0.25) is 9.59 Å². The fourth-order valence-corrected chi connectivity index (χ4v) is 3.02. The molecular weight excluding hydrogens is 379 g/mol. The van der Waals surface area contributed by atoms with Crippen LogP contribution in [0, 0.1) is 11.7 Å². The summed E-state index contributed by atoms with van der Waals surface area (Å²) in [7, 11) is 0. The van der Waals surface area contributed by atoms with Crippen LogP contribution >= 0.6 is 15.9 Å². The molecule has 0 radical (unpaired) electrons. The number of amides is 2. The Morgan fingerprint density at radius 1 is 1.29 bits per heavy atom. The Balaban J connectivity index is 1.51. The second-order valence-corrected chi connectivity index (χ2v) is 6.57. The van der Waals surface area contributed by atoms with Crippen molar-refractivity contribution in [2.24, 2.45) is 5.92 Å². The number of likely N-dealkylation sites (tertiary alicyclic amines) is 1. The number of nitrogens with zero attached hydrogens (tertiary/aromatic N) is 1. The van der Waals surface area contributed by atoms with E-state index in [-0.39, 0.29) is 29.3 Å². The monoisotopic (exact) mass is 394 g/mol. The van der Waals surface area contributed by atoms with E-state index in [4.69, 9.17) is 4.42 Å². The van der Waals surface area contributed by atoms with E-state index in [0.29, 0.717) is 30.7 Å². The molecule has 2 aromatic rings. The van der Waals surface area contributed by atoms with E-state index < -0.39 is 0 Å². The molecule has 2 amide bonds. The number of carbonyl (C=O) groups excluding carboxylic acids is 2. The summed E-state index contributed by atoms with van der Waals surface area (Å²) in [6, 6.07) is 9.35. The van der Waals surface area contributed by atoms with Crippen molar-refractivity contribution in [1.82, 2.24) is 10.2 Å². The molecule has 5 nitrogen and oxygen atoms in total. The van der Waals surface area contributed by atoms with E-state index in [1.165, 1.54) is 12.1 Å². The van der Waals surface area contributed by atoms with Gasteiger partial charge in [0.1, 0.15) is 5.82 Å². The van der Waals surface area contributed by atoms with Crippen molar-refractivity contribution in [3.8, 4) is 0 Å². The van der Waals surface area contributed by atoms with Crippen molar-refractivity contribution in [2.75, 3.05) is 13.1 Å². The summed E-state index contributed by atoms with van der Waals surface area (Å²) in [5, 5.41) is 2.78. The maximum atomic E-state index is 12.9. The minimum Gasteiger partial charge on any atom is -0.444 e. The Labute approximate surface area is 146 Å². The van der Waals surface area contributed by atoms with Gasteiger partial charge in [-0.15, -0.1) is 0 Å². The molecule has 1 fully saturated rings. The second-order valence-electron chi connectivity index (χ2n) is 5.78. The molecule has 1 aromatic heterocycles. The highest BCUT2D eigenvalue weighted by atomic mass is 79.9. The molecule has 1 aromatic carbocycles. The summed E-state index contributed by atoms with van der Waals surface area (Å²) in [5.41, 5.74) is 0.884. The van der Waals surface area contributed by atoms with E-state index in [1.54, 1.807) is 29.2 Å². The van der Waals surface area contributed by atoms with E-state index in [2.05, 4.69) is 21.2 Å². The van der Waals surface area contributed by atoms with Crippen molar-refractivity contribution in [2.45, 2.75) is 13.0 Å². The number of furan rings is 1. The predicted molar refractivity (Wildman–Crippen MR) is 88.7 cm³/mol. The lowest BCUT2D eigenvalue weighted by Crippen LogP contribution is -2.31. The fraction of sp³-hybridized carbons (Fsp3) is 0.294. The molecule has 24 heavy (non-hydrogen) atoms. The Kier molecular flexibility index (Phi) is 4.99. The lowest BCUT2D eigenvalue weighted by Gasteiger charge is -2.17. The average molecular weight is 395 g/mol. The van der Waals surface area contributed by atoms with Gasteiger partial charge in [-0.1, -0.05) is 12.1 Å². The zero-order chi connectivity index (χ0) is 17.1. The molecule has 1 unspecified atom stereocenters. The molecule has 126 valence electrons. The minimum atomic E-state index is -0.301. The molecule has 1 atom stereocenters. The first-order valence-corrected chi connectivity index (χ1v) is 8.36. The van der Waals surface area contributed by atoms with Gasteiger partial charge in [-0.05, 0) is 45.8 Å². The van der Waals surface area contributed by atoms with E-state index in [0.717, 1.165) is 5.56 Å². The fourth-order valence-electron chi connectivity index (χ4n) is 2.71. The molecule has 7 heteroatoms. The highest BCUT2D eigenvalue weighted by molar-refractivity contribution is 9.10. The lowest BCUT2D eigenvalue weighted by atomic mass is 10.1. The zero-order valence-corrected chi connectivity index (χ0v) is 14.4. The predicted octanol–water partition coefficient (Wildman–Crippen LogP) is 2.96. The van der Waals surface area contributed by atoms with Gasteiger partial charge in [0.05, 0.1) is 0 Å². The van der Waals surface area contributed by atoms with Crippen LogP contribution < -0.4 is 5.32 Å². The molecule has 0 spiro atoms. The van der Waals surface area contributed by atoms with E-state index >= 15 is 0 Å². The van der Waals surface area contributed by atoms with Crippen LogP contribution in [-0.4, -0.2) is 29.8 Å². The van der Waals surface area contributed by atoms with Gasteiger partial charge in [0, 0.05) is 32.0 Å². The van der Waals surface area contributed by atoms with Gasteiger partial charge in [0.25, 0.3) is 5.91 Å². The zero-order valence-electron chi connectivity index (χ0n) is 12.8. The van der Waals surface area contributed by atoms with Gasteiger partial charge >= 0.3 is 0 Å². The maximum absolute atomic E-state index is 12.9. The van der Waals surface area contributed by atoms with Gasteiger partial charge in [0.2, 0.25) is 5.91 Å². The summed E-state index contributed by atoms with van der Waals surface area (Å²) >= 11 is 3.15. The van der Waals surface area contributed by atoms with E-state index in [1.807, 2.05) is 0 Å². The summed E-state index contributed by atoms with van der Waals surface area (Å²) in [6.45, 7) is 1.43. The highest BCUT2D eigenvalue weighted by Crippen LogP contribution is 2.20. The van der Waals surface area contributed by atoms with Crippen LogP contribution in [0.2, 0.25) is 0 Å². The largest absolute Gasteiger partial charge is 0.444 e. The Hall–Kier alpha value is -2.15. The standard InChI is InChI=1S/C17H16BrFN2O3/c18-15-6-5-14(24-15)17(23)20-8-12-7-16(22)21(10-12)9-11-1-3-13(19)4-2-11/h1-6,12H,7-10H2,(H,20,23). The quantitative estimate of drug-likeness (QED) is 0.847. The van der Waals surface area contributed by atoms with Crippen molar-refractivity contribution in [3.63, 3.8) is 0 Å². The van der Waals surface area contributed by atoms with Crippen LogP contribution in [0.3, 0.4) is 0 Å². The third kappa shape index (κ3) is 4.03. The number of carbonyl (C=O) groups is 2. The molecule has 1 aliphatic heterocycles. The number of nitrogens with one attached hydrogen (secondary N) is 1. The number of rotatable bonds is 5. The molecule has 0 saturated carbocycles. The van der Waals surface area contributed by atoms with Crippen LogP contribution in [-0.2, 0) is 11.3 Å². The molecular formula is C17H16BrFN2O3. The topological polar surface area (TPSA) is 62.6 Å². The van der Waals surface area contributed by atoms with Gasteiger partial charge < -0.3 is 14.6 Å². The molecule has 2 heterocycles. The Bertz CT molecular complexity index is 745. The van der Waals surface area contributed by atoms with Crippen LogP contribution in [0.15, 0.2) is 45.5 Å². The van der Waals surface area contributed by atoms with Crippen LogP contribution in [0.5, 0.6) is 0 Å². The summed E-state index contributed by atoms with van der Waals surface area (Å²) in [4.78, 5) is 25.8. The molecule has 1 N–H and O–H groups in total. The van der Waals surface area contributed by atoms with Crippen molar-refractivity contribution < 1.29 is 18.4 Å². The number of halogens is 2. The van der Waals surface area contributed by atoms with Crippen LogP contribution in [0.4, 0.5) is 4.39 Å². The maximum Gasteiger partial charge on any atom is 0.287 e. The smallest absolute Gasteiger partial charge is 0.287 e. The normalized spacial score (nSPS) is 17.3. The average Bonchev–Trinajstić information content (AvgIpc) is 3.14.